The molecule has 0 aliphatic heterocycles. The van der Waals surface area contributed by atoms with Gasteiger partial charge in [0.1, 0.15) is 16.4 Å². The highest BCUT2D eigenvalue weighted by Gasteiger charge is 2.20. The first-order valence-corrected chi connectivity index (χ1v) is 10.4. The summed E-state index contributed by atoms with van der Waals surface area (Å²) >= 11 is 1.65. The molecule has 0 unspecified atom stereocenters. The monoisotopic (exact) mass is 404 g/mol. The molecule has 3 heterocycles. The Morgan fingerprint density at radius 3 is 2.97 bits per heavy atom. The molecule has 1 N–H and O–H groups in total. The Hall–Kier alpha value is -3.19. The second kappa shape index (κ2) is 7.00. The minimum atomic E-state index is -0.0440. The first kappa shape index (κ1) is 17.9. The van der Waals surface area contributed by atoms with Crippen molar-refractivity contribution in [1.29, 1.82) is 0 Å². The van der Waals surface area contributed by atoms with Gasteiger partial charge in [-0.1, -0.05) is 12.1 Å². The van der Waals surface area contributed by atoms with Crippen molar-refractivity contribution < 1.29 is 4.74 Å². The fraction of sp³-hybridized carbons (Fsp3) is 0.227. The number of aromatic amines is 1. The number of ether oxygens (including phenoxy) is 1. The van der Waals surface area contributed by atoms with E-state index in [9.17, 15) is 4.79 Å². The van der Waals surface area contributed by atoms with Gasteiger partial charge in [0.2, 0.25) is 0 Å². The molecule has 0 radical (unpaired) electrons. The Bertz CT molecular complexity index is 1310. The first-order chi connectivity index (χ1) is 14.1. The molecule has 0 saturated heterocycles. The number of aryl methyl sites for hydroxylation is 3. The number of aromatic nitrogens is 4. The summed E-state index contributed by atoms with van der Waals surface area (Å²) in [5, 5.41) is 0.779. The van der Waals surface area contributed by atoms with Gasteiger partial charge in [-0.15, -0.1) is 11.3 Å². The maximum Gasteiger partial charge on any atom is 0.260 e. The molecule has 4 aromatic rings. The number of H-pyrrole nitrogens is 1. The number of hydrogen-bond donors (Lipinski definition) is 1. The van der Waals surface area contributed by atoms with Crippen molar-refractivity contribution in [3.63, 3.8) is 0 Å². The summed E-state index contributed by atoms with van der Waals surface area (Å²) in [5.74, 6) is 1.31. The number of thiophene rings is 1. The SMILES string of the molecule is COc1cc(C=Cc2nc3sc4c(c3c(=O)[nH]2)CCC4)ccc1-n1cnc(C)c1. The number of fused-ring (bicyclic) bond motifs is 3. The molecule has 1 aliphatic rings. The van der Waals surface area contributed by atoms with Crippen molar-refractivity contribution in [2.75, 3.05) is 7.11 Å². The second-order valence-electron chi connectivity index (χ2n) is 7.18. The van der Waals surface area contributed by atoms with Crippen LogP contribution in [-0.4, -0.2) is 26.6 Å². The van der Waals surface area contributed by atoms with Crippen LogP contribution in [0.3, 0.4) is 0 Å². The molecular formula is C22H20N4O2S. The molecular weight excluding hydrogens is 384 g/mol. The number of imidazole rings is 1. The van der Waals surface area contributed by atoms with Gasteiger partial charge in [0, 0.05) is 11.1 Å². The number of rotatable bonds is 4. The topological polar surface area (TPSA) is 72.8 Å². The van der Waals surface area contributed by atoms with Crippen molar-refractivity contribution in [3.05, 3.63) is 68.6 Å². The van der Waals surface area contributed by atoms with Gasteiger partial charge in [-0.05, 0) is 55.5 Å². The third-order valence-corrected chi connectivity index (χ3v) is 6.41. The maximum atomic E-state index is 12.6. The van der Waals surface area contributed by atoms with E-state index in [-0.39, 0.29) is 5.56 Å². The second-order valence-corrected chi connectivity index (χ2v) is 8.26. The zero-order valence-corrected chi connectivity index (χ0v) is 17.0. The molecule has 5 rings (SSSR count). The van der Waals surface area contributed by atoms with E-state index < -0.39 is 0 Å². The van der Waals surface area contributed by atoms with Gasteiger partial charge in [0.05, 0.1) is 30.2 Å². The maximum absolute atomic E-state index is 12.6. The summed E-state index contributed by atoms with van der Waals surface area (Å²) in [7, 11) is 1.65. The number of nitrogens with one attached hydrogen (secondary N) is 1. The molecule has 0 atom stereocenters. The van der Waals surface area contributed by atoms with Gasteiger partial charge in [-0.2, -0.15) is 0 Å². The number of benzene rings is 1. The fourth-order valence-corrected chi connectivity index (χ4v) is 5.11. The lowest BCUT2D eigenvalue weighted by Crippen LogP contribution is -2.09. The van der Waals surface area contributed by atoms with E-state index in [4.69, 9.17) is 4.74 Å². The van der Waals surface area contributed by atoms with Crippen LogP contribution >= 0.6 is 11.3 Å². The molecule has 6 nitrogen and oxygen atoms in total. The number of methoxy groups -OCH3 is 1. The molecule has 1 aromatic carbocycles. The molecule has 3 aromatic heterocycles. The van der Waals surface area contributed by atoms with E-state index in [1.54, 1.807) is 24.8 Å². The van der Waals surface area contributed by atoms with Gasteiger partial charge >= 0.3 is 0 Å². The van der Waals surface area contributed by atoms with E-state index >= 15 is 0 Å². The first-order valence-electron chi connectivity index (χ1n) is 9.54. The Morgan fingerprint density at radius 2 is 2.17 bits per heavy atom. The summed E-state index contributed by atoms with van der Waals surface area (Å²) < 4.78 is 7.49. The average molecular weight is 404 g/mol. The van der Waals surface area contributed by atoms with E-state index in [0.717, 1.165) is 52.2 Å². The predicted molar refractivity (Wildman–Crippen MR) is 116 cm³/mol. The van der Waals surface area contributed by atoms with Gasteiger partial charge in [-0.25, -0.2) is 9.97 Å². The summed E-state index contributed by atoms with van der Waals surface area (Å²) in [6, 6.07) is 5.94. The Kier molecular flexibility index (Phi) is 4.32. The summed E-state index contributed by atoms with van der Waals surface area (Å²) in [4.78, 5) is 26.6. The van der Waals surface area contributed by atoms with Crippen LogP contribution in [0.5, 0.6) is 5.75 Å². The largest absolute Gasteiger partial charge is 0.495 e. The third kappa shape index (κ3) is 3.17. The Balaban J connectivity index is 1.48. The molecule has 7 heteroatoms. The van der Waals surface area contributed by atoms with Crippen LogP contribution in [0.1, 0.15) is 33.9 Å². The van der Waals surface area contributed by atoms with Crippen LogP contribution in [0.2, 0.25) is 0 Å². The normalized spacial score (nSPS) is 13.4. The zero-order valence-electron chi connectivity index (χ0n) is 16.2. The van der Waals surface area contributed by atoms with Crippen LogP contribution in [0.25, 0.3) is 28.1 Å². The Morgan fingerprint density at radius 1 is 1.28 bits per heavy atom. The molecule has 0 saturated carbocycles. The predicted octanol–water partition coefficient (Wildman–Crippen LogP) is 4.15. The number of hydrogen-bond acceptors (Lipinski definition) is 5. The number of nitrogens with zero attached hydrogens (tertiary/aromatic N) is 3. The lowest BCUT2D eigenvalue weighted by molar-refractivity contribution is 0.413. The minimum absolute atomic E-state index is 0.0440. The van der Waals surface area contributed by atoms with Gasteiger partial charge < -0.3 is 14.3 Å². The van der Waals surface area contributed by atoms with Crippen molar-refractivity contribution in [2.45, 2.75) is 26.2 Å². The lowest BCUT2D eigenvalue weighted by Gasteiger charge is -2.09. The molecule has 0 amide bonds. The summed E-state index contributed by atoms with van der Waals surface area (Å²) in [6.45, 7) is 1.95. The summed E-state index contributed by atoms with van der Waals surface area (Å²) in [5.41, 5.74) is 3.98. The highest BCUT2D eigenvalue weighted by Crippen LogP contribution is 2.34. The highest BCUT2D eigenvalue weighted by molar-refractivity contribution is 7.18. The highest BCUT2D eigenvalue weighted by atomic mass is 32.1. The van der Waals surface area contributed by atoms with Crippen molar-refractivity contribution in [2.24, 2.45) is 0 Å². The molecule has 29 heavy (non-hydrogen) atoms. The van der Waals surface area contributed by atoms with E-state index in [1.807, 2.05) is 48.0 Å². The average Bonchev–Trinajstić information content (AvgIpc) is 3.41. The van der Waals surface area contributed by atoms with Crippen molar-refractivity contribution in [1.82, 2.24) is 19.5 Å². The van der Waals surface area contributed by atoms with Crippen LogP contribution in [0, 0.1) is 6.92 Å². The van der Waals surface area contributed by atoms with Crippen LogP contribution in [-0.2, 0) is 12.8 Å². The zero-order chi connectivity index (χ0) is 20.0. The molecule has 0 fully saturated rings. The molecule has 146 valence electrons. The third-order valence-electron chi connectivity index (χ3n) is 5.22. The Labute approximate surface area is 171 Å². The molecule has 1 aliphatic carbocycles. The quantitative estimate of drug-likeness (QED) is 0.555. The van der Waals surface area contributed by atoms with Crippen LogP contribution in [0.4, 0.5) is 0 Å². The van der Waals surface area contributed by atoms with Gasteiger partial charge in [0.15, 0.2) is 0 Å². The van der Waals surface area contributed by atoms with E-state index in [0.29, 0.717) is 5.82 Å². The molecule has 0 spiro atoms. The smallest absolute Gasteiger partial charge is 0.260 e. The minimum Gasteiger partial charge on any atom is -0.495 e. The van der Waals surface area contributed by atoms with Crippen LogP contribution < -0.4 is 10.3 Å². The van der Waals surface area contributed by atoms with Crippen molar-refractivity contribution in [3.8, 4) is 11.4 Å². The lowest BCUT2D eigenvalue weighted by atomic mass is 10.1. The van der Waals surface area contributed by atoms with E-state index in [1.165, 1.54) is 10.4 Å². The van der Waals surface area contributed by atoms with E-state index in [2.05, 4.69) is 15.0 Å². The van der Waals surface area contributed by atoms with Gasteiger partial charge in [-0.3, -0.25) is 4.79 Å². The van der Waals surface area contributed by atoms with Gasteiger partial charge in [0.25, 0.3) is 5.56 Å². The standard InChI is InChI=1S/C22H20N4O2S/c1-13-11-26(12-23-13)16-8-6-14(10-17(16)28-2)7-9-19-24-21(27)20-15-4-3-5-18(15)29-22(20)25-19/h6-12H,3-5H2,1-2H3,(H,24,25,27). The van der Waals surface area contributed by atoms with Crippen molar-refractivity contribution >= 4 is 33.7 Å². The molecule has 0 bridgehead atoms. The fourth-order valence-electron chi connectivity index (χ4n) is 3.84. The van der Waals surface area contributed by atoms with Crippen LogP contribution in [0.15, 0.2) is 35.5 Å². The summed E-state index contributed by atoms with van der Waals surface area (Å²) in [6.07, 6.45) is 10.7.